The lowest BCUT2D eigenvalue weighted by atomic mass is 10.2. The third-order valence-electron chi connectivity index (χ3n) is 2.48. The summed E-state index contributed by atoms with van der Waals surface area (Å²) in [6, 6.07) is 6.65. The van der Waals surface area contributed by atoms with Crippen LogP contribution in [0, 0.1) is 11.3 Å². The number of sulfonamides is 1. The van der Waals surface area contributed by atoms with Gasteiger partial charge in [0, 0.05) is 12.6 Å². The summed E-state index contributed by atoms with van der Waals surface area (Å²) in [6.07, 6.45) is 0. The summed E-state index contributed by atoms with van der Waals surface area (Å²) in [5.41, 5.74) is 6.42. The van der Waals surface area contributed by atoms with Gasteiger partial charge in [0.2, 0.25) is 10.0 Å². The summed E-state index contributed by atoms with van der Waals surface area (Å²) in [5, 5.41) is 7.35. The van der Waals surface area contributed by atoms with E-state index in [0.717, 1.165) is 0 Å². The first-order valence-corrected chi connectivity index (χ1v) is 7.26. The number of nitrogens with two attached hydrogens (primary N) is 1. The van der Waals surface area contributed by atoms with Gasteiger partial charge < -0.3 is 5.73 Å². The summed E-state index contributed by atoms with van der Waals surface area (Å²) in [5.74, 6) is 0.0771. The Morgan fingerprint density at radius 2 is 2.06 bits per heavy atom. The van der Waals surface area contributed by atoms with Gasteiger partial charge in [-0.2, -0.15) is 0 Å². The van der Waals surface area contributed by atoms with E-state index in [1.165, 1.54) is 11.4 Å². The Morgan fingerprint density at radius 1 is 1.44 bits per heavy atom. The molecule has 18 heavy (non-hydrogen) atoms. The van der Waals surface area contributed by atoms with E-state index in [4.69, 9.17) is 11.1 Å². The summed E-state index contributed by atoms with van der Waals surface area (Å²) >= 11 is 0. The lowest BCUT2D eigenvalue weighted by Crippen LogP contribution is -2.31. The van der Waals surface area contributed by atoms with Gasteiger partial charge in [-0.3, -0.25) is 9.71 Å². The van der Waals surface area contributed by atoms with Crippen molar-refractivity contribution in [2.45, 2.75) is 13.8 Å². The number of nitrogen functional groups attached to an aromatic ring is 1. The number of amidine groups is 1. The normalized spacial score (nSPS) is 11.6. The van der Waals surface area contributed by atoms with E-state index in [1.807, 2.05) is 13.8 Å². The van der Waals surface area contributed by atoms with Crippen molar-refractivity contribution < 1.29 is 8.42 Å². The molecule has 0 atom stereocenters. The number of benzene rings is 1. The molecule has 0 fully saturated rings. The van der Waals surface area contributed by atoms with E-state index in [2.05, 4.69) is 0 Å². The maximum Gasteiger partial charge on any atom is 0.235 e. The number of rotatable bonds is 5. The largest absolute Gasteiger partial charge is 0.384 e. The quantitative estimate of drug-likeness (QED) is 0.625. The van der Waals surface area contributed by atoms with Gasteiger partial charge in [-0.25, -0.2) is 8.42 Å². The summed E-state index contributed by atoms with van der Waals surface area (Å²) in [4.78, 5) is 0. The van der Waals surface area contributed by atoms with Crippen molar-refractivity contribution in [2.75, 3.05) is 17.1 Å². The second-order valence-corrected chi connectivity index (χ2v) is 6.65. The van der Waals surface area contributed by atoms with Crippen molar-refractivity contribution in [1.29, 1.82) is 5.41 Å². The second-order valence-electron chi connectivity index (χ2n) is 4.60. The third kappa shape index (κ3) is 3.46. The van der Waals surface area contributed by atoms with Gasteiger partial charge in [0.15, 0.2) is 0 Å². The van der Waals surface area contributed by atoms with Gasteiger partial charge in [-0.05, 0) is 18.1 Å². The SMILES string of the molecule is CC(C)CS(=O)(=O)N(C)c1cccc(C(=N)N)c1. The highest BCUT2D eigenvalue weighted by molar-refractivity contribution is 7.92. The molecule has 6 heteroatoms. The standard InChI is InChI=1S/C12H19N3O2S/c1-9(2)8-18(16,17)15(3)11-6-4-5-10(7-11)12(13)14/h4-7,9H,8H2,1-3H3,(H3,13,14). The van der Waals surface area contributed by atoms with Crippen LogP contribution in [0.2, 0.25) is 0 Å². The molecule has 0 amide bonds. The monoisotopic (exact) mass is 269 g/mol. The van der Waals surface area contributed by atoms with Gasteiger partial charge in [0.1, 0.15) is 5.84 Å². The molecule has 1 rings (SSSR count). The molecule has 5 nitrogen and oxygen atoms in total. The van der Waals surface area contributed by atoms with Crippen molar-refractivity contribution in [3.8, 4) is 0 Å². The molecule has 0 aliphatic carbocycles. The molecule has 0 aliphatic rings. The fraction of sp³-hybridized carbons (Fsp3) is 0.417. The zero-order valence-electron chi connectivity index (χ0n) is 10.8. The molecule has 0 aliphatic heterocycles. The molecule has 100 valence electrons. The predicted octanol–water partition coefficient (Wildman–Crippen LogP) is 1.39. The first kappa shape index (κ1) is 14.5. The Morgan fingerprint density at radius 3 is 2.56 bits per heavy atom. The Bertz CT molecular complexity index is 538. The predicted molar refractivity (Wildman–Crippen MR) is 74.5 cm³/mol. The Balaban J connectivity index is 3.07. The topological polar surface area (TPSA) is 87.2 Å². The number of nitrogens with zero attached hydrogens (tertiary/aromatic N) is 1. The van der Waals surface area contributed by atoms with Gasteiger partial charge >= 0.3 is 0 Å². The zero-order valence-corrected chi connectivity index (χ0v) is 11.7. The molecule has 0 unspecified atom stereocenters. The molecule has 3 N–H and O–H groups in total. The number of hydrogen-bond donors (Lipinski definition) is 2. The molecule has 0 spiro atoms. The number of anilines is 1. The van der Waals surface area contributed by atoms with E-state index < -0.39 is 10.0 Å². The first-order valence-electron chi connectivity index (χ1n) is 5.65. The van der Waals surface area contributed by atoms with Crippen LogP contribution < -0.4 is 10.0 Å². The van der Waals surface area contributed by atoms with Crippen LogP contribution in [0.15, 0.2) is 24.3 Å². The van der Waals surface area contributed by atoms with Gasteiger partial charge in [-0.15, -0.1) is 0 Å². The molecule has 0 saturated heterocycles. The average Bonchev–Trinajstić information content (AvgIpc) is 2.26. The van der Waals surface area contributed by atoms with E-state index in [-0.39, 0.29) is 17.5 Å². The molecule has 0 heterocycles. The minimum absolute atomic E-state index is 0.0634. The van der Waals surface area contributed by atoms with Crippen LogP contribution in [-0.4, -0.2) is 27.1 Å². The lowest BCUT2D eigenvalue weighted by molar-refractivity contribution is 0.580. The maximum atomic E-state index is 12.1. The second kappa shape index (κ2) is 5.39. The fourth-order valence-corrected chi connectivity index (χ4v) is 3.06. The summed E-state index contributed by atoms with van der Waals surface area (Å²) in [7, 11) is -1.82. The van der Waals surface area contributed by atoms with Crippen LogP contribution in [-0.2, 0) is 10.0 Å². The van der Waals surface area contributed by atoms with E-state index in [9.17, 15) is 8.42 Å². The maximum absolute atomic E-state index is 12.1. The minimum Gasteiger partial charge on any atom is -0.384 e. The zero-order chi connectivity index (χ0) is 13.9. The van der Waals surface area contributed by atoms with Crippen LogP contribution in [0.5, 0.6) is 0 Å². The molecule has 1 aromatic rings. The molecule has 0 bridgehead atoms. The third-order valence-corrected chi connectivity index (χ3v) is 4.62. The van der Waals surface area contributed by atoms with Crippen molar-refractivity contribution in [2.24, 2.45) is 11.7 Å². The van der Waals surface area contributed by atoms with Crippen LogP contribution in [0.25, 0.3) is 0 Å². The Labute approximate surface area is 108 Å². The minimum atomic E-state index is -3.33. The lowest BCUT2D eigenvalue weighted by Gasteiger charge is -2.21. The number of nitrogens with one attached hydrogen (secondary N) is 1. The molecule has 0 saturated carbocycles. The van der Waals surface area contributed by atoms with Gasteiger partial charge in [0.05, 0.1) is 11.4 Å². The van der Waals surface area contributed by atoms with Crippen LogP contribution in [0.4, 0.5) is 5.69 Å². The van der Waals surface area contributed by atoms with E-state index in [0.29, 0.717) is 11.3 Å². The highest BCUT2D eigenvalue weighted by atomic mass is 32.2. The van der Waals surface area contributed by atoms with Crippen molar-refractivity contribution in [1.82, 2.24) is 0 Å². The van der Waals surface area contributed by atoms with E-state index >= 15 is 0 Å². The summed E-state index contributed by atoms with van der Waals surface area (Å²) < 4.78 is 25.4. The Hall–Kier alpha value is -1.56. The smallest absolute Gasteiger partial charge is 0.235 e. The van der Waals surface area contributed by atoms with Crippen LogP contribution >= 0.6 is 0 Å². The Kier molecular flexibility index (Phi) is 4.34. The highest BCUT2D eigenvalue weighted by Gasteiger charge is 2.20. The molecular formula is C12H19N3O2S. The van der Waals surface area contributed by atoms with Crippen molar-refractivity contribution in [3.05, 3.63) is 29.8 Å². The first-order chi connectivity index (χ1) is 8.24. The van der Waals surface area contributed by atoms with Crippen LogP contribution in [0.3, 0.4) is 0 Å². The molecular weight excluding hydrogens is 250 g/mol. The van der Waals surface area contributed by atoms with Gasteiger partial charge in [-0.1, -0.05) is 26.0 Å². The molecule has 1 aromatic carbocycles. The fourth-order valence-electron chi connectivity index (χ4n) is 1.56. The molecule has 0 radical (unpaired) electrons. The van der Waals surface area contributed by atoms with Crippen molar-refractivity contribution in [3.63, 3.8) is 0 Å². The highest BCUT2D eigenvalue weighted by Crippen LogP contribution is 2.19. The van der Waals surface area contributed by atoms with E-state index in [1.54, 1.807) is 24.3 Å². The average molecular weight is 269 g/mol. The molecule has 0 aromatic heterocycles. The summed E-state index contributed by atoms with van der Waals surface area (Å²) in [6.45, 7) is 3.72. The number of hydrogen-bond acceptors (Lipinski definition) is 3. The van der Waals surface area contributed by atoms with Crippen molar-refractivity contribution >= 4 is 21.5 Å². The van der Waals surface area contributed by atoms with Crippen LogP contribution in [0.1, 0.15) is 19.4 Å². The van der Waals surface area contributed by atoms with Gasteiger partial charge in [0.25, 0.3) is 0 Å².